The largest absolute Gasteiger partial charge is 0.388 e. The van der Waals surface area contributed by atoms with Gasteiger partial charge in [-0.1, -0.05) is 19.0 Å². The van der Waals surface area contributed by atoms with Crippen LogP contribution in [-0.2, 0) is 4.74 Å². The SMILES string of the molecule is CCC(CC)c1cc(C(=O)NCC2(O)CCOCC2)on1. The number of hydrogen-bond donors (Lipinski definition) is 2. The zero-order valence-electron chi connectivity index (χ0n) is 12.7. The van der Waals surface area contributed by atoms with Crippen LogP contribution in [0.2, 0.25) is 0 Å². The van der Waals surface area contributed by atoms with Crippen molar-refractivity contribution in [2.75, 3.05) is 19.8 Å². The minimum atomic E-state index is -0.883. The summed E-state index contributed by atoms with van der Waals surface area (Å²) in [6, 6.07) is 1.70. The molecule has 0 saturated carbocycles. The standard InChI is InChI=1S/C15H24N2O4/c1-3-11(4-2)12-9-13(21-17-12)14(18)16-10-15(19)5-7-20-8-6-15/h9,11,19H,3-8,10H2,1-2H3,(H,16,18). The Morgan fingerprint density at radius 2 is 2.10 bits per heavy atom. The van der Waals surface area contributed by atoms with Gasteiger partial charge in [-0.25, -0.2) is 0 Å². The number of nitrogens with one attached hydrogen (secondary N) is 1. The lowest BCUT2D eigenvalue weighted by atomic mass is 9.94. The molecule has 6 nitrogen and oxygen atoms in total. The highest BCUT2D eigenvalue weighted by atomic mass is 16.5. The molecule has 2 rings (SSSR count). The summed E-state index contributed by atoms with van der Waals surface area (Å²) in [5, 5.41) is 17.0. The van der Waals surface area contributed by atoms with Crippen LogP contribution < -0.4 is 5.32 Å². The highest BCUT2D eigenvalue weighted by Gasteiger charge is 2.30. The molecule has 1 fully saturated rings. The number of carbonyl (C=O) groups excluding carboxylic acids is 1. The van der Waals surface area contributed by atoms with E-state index in [1.807, 2.05) is 0 Å². The van der Waals surface area contributed by atoms with Gasteiger partial charge in [0.05, 0.1) is 11.3 Å². The van der Waals surface area contributed by atoms with Crippen molar-refractivity contribution in [3.05, 3.63) is 17.5 Å². The van der Waals surface area contributed by atoms with E-state index in [2.05, 4.69) is 24.3 Å². The Hall–Kier alpha value is -1.40. The average molecular weight is 296 g/mol. The second kappa shape index (κ2) is 7.04. The summed E-state index contributed by atoms with van der Waals surface area (Å²) in [6.45, 7) is 5.42. The molecule has 1 aromatic heterocycles. The second-order valence-electron chi connectivity index (χ2n) is 5.65. The smallest absolute Gasteiger partial charge is 0.290 e. The van der Waals surface area contributed by atoms with Crippen molar-refractivity contribution in [2.24, 2.45) is 0 Å². The minimum Gasteiger partial charge on any atom is -0.388 e. The van der Waals surface area contributed by atoms with Gasteiger partial charge in [0.25, 0.3) is 5.91 Å². The highest BCUT2D eigenvalue weighted by molar-refractivity contribution is 5.91. The molecule has 0 radical (unpaired) electrons. The molecule has 1 aliphatic heterocycles. The molecular formula is C15H24N2O4. The first-order chi connectivity index (χ1) is 10.1. The normalized spacial score (nSPS) is 17.9. The maximum atomic E-state index is 12.1. The summed E-state index contributed by atoms with van der Waals surface area (Å²) in [6.07, 6.45) is 2.99. The van der Waals surface area contributed by atoms with Gasteiger partial charge in [-0.05, 0) is 12.8 Å². The molecule has 0 bridgehead atoms. The van der Waals surface area contributed by atoms with Crippen molar-refractivity contribution in [3.63, 3.8) is 0 Å². The van der Waals surface area contributed by atoms with E-state index < -0.39 is 5.60 Å². The molecule has 0 aromatic carbocycles. The third kappa shape index (κ3) is 4.04. The highest BCUT2D eigenvalue weighted by Crippen LogP contribution is 2.23. The maximum Gasteiger partial charge on any atom is 0.290 e. The van der Waals surface area contributed by atoms with Gasteiger partial charge in [-0.3, -0.25) is 4.79 Å². The summed E-state index contributed by atoms with van der Waals surface area (Å²) in [7, 11) is 0. The van der Waals surface area contributed by atoms with Crippen LogP contribution in [0.25, 0.3) is 0 Å². The third-order valence-corrected chi connectivity index (χ3v) is 4.16. The number of ether oxygens (including phenoxy) is 1. The first kappa shape index (κ1) is 16.0. The molecule has 0 spiro atoms. The van der Waals surface area contributed by atoms with E-state index >= 15 is 0 Å². The molecule has 0 aliphatic carbocycles. The van der Waals surface area contributed by atoms with Crippen LogP contribution in [-0.4, -0.2) is 41.5 Å². The van der Waals surface area contributed by atoms with Crippen molar-refractivity contribution in [3.8, 4) is 0 Å². The Balaban J connectivity index is 1.91. The Morgan fingerprint density at radius 3 is 2.71 bits per heavy atom. The van der Waals surface area contributed by atoms with Crippen LogP contribution >= 0.6 is 0 Å². The van der Waals surface area contributed by atoms with Crippen molar-refractivity contribution >= 4 is 5.91 Å². The molecule has 1 aliphatic rings. The lowest BCUT2D eigenvalue weighted by Gasteiger charge is -2.31. The number of nitrogens with zero attached hydrogens (tertiary/aromatic N) is 1. The van der Waals surface area contributed by atoms with Gasteiger partial charge in [0.15, 0.2) is 0 Å². The van der Waals surface area contributed by atoms with E-state index in [0.717, 1.165) is 18.5 Å². The van der Waals surface area contributed by atoms with Gasteiger partial charge in [0.2, 0.25) is 5.76 Å². The van der Waals surface area contributed by atoms with Gasteiger partial charge < -0.3 is 19.7 Å². The lowest BCUT2D eigenvalue weighted by molar-refractivity contribution is -0.0606. The minimum absolute atomic E-state index is 0.201. The maximum absolute atomic E-state index is 12.1. The molecule has 1 amide bonds. The Bertz CT molecular complexity index is 462. The molecule has 118 valence electrons. The first-order valence-electron chi connectivity index (χ1n) is 7.63. The predicted molar refractivity (Wildman–Crippen MR) is 77.2 cm³/mol. The Morgan fingerprint density at radius 1 is 1.43 bits per heavy atom. The number of aliphatic hydroxyl groups is 1. The van der Waals surface area contributed by atoms with Crippen LogP contribution in [0.3, 0.4) is 0 Å². The van der Waals surface area contributed by atoms with Crippen LogP contribution in [0.1, 0.15) is 61.7 Å². The fourth-order valence-electron chi connectivity index (χ4n) is 2.56. The topological polar surface area (TPSA) is 84.6 Å². The quantitative estimate of drug-likeness (QED) is 0.837. The summed E-state index contributed by atoms with van der Waals surface area (Å²) in [5.74, 6) is 0.183. The molecule has 1 saturated heterocycles. The molecule has 1 aromatic rings. The fourth-order valence-corrected chi connectivity index (χ4v) is 2.56. The number of amides is 1. The number of carbonyl (C=O) groups is 1. The van der Waals surface area contributed by atoms with Crippen molar-refractivity contribution in [1.82, 2.24) is 10.5 Å². The molecule has 0 atom stereocenters. The van der Waals surface area contributed by atoms with Crippen LogP contribution in [0.5, 0.6) is 0 Å². The molecule has 21 heavy (non-hydrogen) atoms. The van der Waals surface area contributed by atoms with Crippen molar-refractivity contribution in [2.45, 2.75) is 51.0 Å². The number of hydrogen-bond acceptors (Lipinski definition) is 5. The third-order valence-electron chi connectivity index (χ3n) is 4.16. The van der Waals surface area contributed by atoms with Gasteiger partial charge >= 0.3 is 0 Å². The second-order valence-corrected chi connectivity index (χ2v) is 5.65. The zero-order chi connectivity index (χ0) is 15.3. The summed E-state index contributed by atoms with van der Waals surface area (Å²) >= 11 is 0. The van der Waals surface area contributed by atoms with Gasteiger partial charge in [0.1, 0.15) is 0 Å². The number of rotatable bonds is 6. The summed E-state index contributed by atoms with van der Waals surface area (Å²) < 4.78 is 10.3. The van der Waals surface area contributed by atoms with Crippen LogP contribution in [0, 0.1) is 0 Å². The monoisotopic (exact) mass is 296 g/mol. The van der Waals surface area contributed by atoms with E-state index in [1.165, 1.54) is 0 Å². The number of aromatic nitrogens is 1. The van der Waals surface area contributed by atoms with Crippen LogP contribution in [0.4, 0.5) is 0 Å². The van der Waals surface area contributed by atoms with E-state index in [-0.39, 0.29) is 18.2 Å². The predicted octanol–water partition coefficient (Wildman–Crippen LogP) is 1.85. The molecule has 2 N–H and O–H groups in total. The molecular weight excluding hydrogens is 272 g/mol. The summed E-state index contributed by atoms with van der Waals surface area (Å²) in [5.41, 5.74) is -0.0681. The summed E-state index contributed by atoms with van der Waals surface area (Å²) in [4.78, 5) is 12.1. The molecule has 2 heterocycles. The fraction of sp³-hybridized carbons (Fsp3) is 0.733. The molecule has 0 unspecified atom stereocenters. The van der Waals surface area contributed by atoms with E-state index in [1.54, 1.807) is 6.07 Å². The Kier molecular flexibility index (Phi) is 5.36. The van der Waals surface area contributed by atoms with Gasteiger partial charge in [0, 0.05) is 44.6 Å². The van der Waals surface area contributed by atoms with E-state index in [0.29, 0.717) is 32.0 Å². The van der Waals surface area contributed by atoms with Crippen molar-refractivity contribution in [1.29, 1.82) is 0 Å². The van der Waals surface area contributed by atoms with Gasteiger partial charge in [-0.2, -0.15) is 0 Å². The average Bonchev–Trinajstić information content (AvgIpc) is 2.97. The Labute approximate surface area is 124 Å². The lowest BCUT2D eigenvalue weighted by Crippen LogP contribution is -2.46. The van der Waals surface area contributed by atoms with Crippen LogP contribution in [0.15, 0.2) is 10.6 Å². The van der Waals surface area contributed by atoms with E-state index in [9.17, 15) is 9.90 Å². The molecule has 6 heteroatoms. The first-order valence-corrected chi connectivity index (χ1v) is 7.63. The zero-order valence-corrected chi connectivity index (χ0v) is 12.7. The van der Waals surface area contributed by atoms with Gasteiger partial charge in [-0.15, -0.1) is 0 Å². The van der Waals surface area contributed by atoms with E-state index in [4.69, 9.17) is 9.26 Å². The van der Waals surface area contributed by atoms with Crippen molar-refractivity contribution < 1.29 is 19.2 Å².